The number of nitrogens with one attached hydrogen (secondary N) is 2. The Morgan fingerprint density at radius 1 is 0.929 bits per heavy atom. The molecule has 0 bridgehead atoms. The van der Waals surface area contributed by atoms with Crippen molar-refractivity contribution in [1.82, 2.24) is 9.55 Å². The van der Waals surface area contributed by atoms with Crippen LogP contribution in [0, 0.1) is 5.41 Å². The van der Waals surface area contributed by atoms with E-state index < -0.39 is 11.9 Å². The Hall–Kier alpha value is -5.32. The molecule has 0 aliphatic carbocycles. The number of benzene rings is 4. The van der Waals surface area contributed by atoms with Crippen molar-refractivity contribution >= 4 is 34.4 Å². The van der Waals surface area contributed by atoms with Crippen molar-refractivity contribution in [3.63, 3.8) is 0 Å². The molecule has 0 aliphatic heterocycles. The summed E-state index contributed by atoms with van der Waals surface area (Å²) >= 11 is 0. The zero-order valence-corrected chi connectivity index (χ0v) is 22.9. The molecule has 0 radical (unpaired) electrons. The summed E-state index contributed by atoms with van der Waals surface area (Å²) < 4.78 is 17.9. The van der Waals surface area contributed by atoms with E-state index in [1.54, 1.807) is 67.0 Å². The van der Waals surface area contributed by atoms with Crippen LogP contribution in [0.5, 0.6) is 0 Å². The molecule has 4 aromatic carbocycles. The first-order chi connectivity index (χ1) is 20.4. The molecule has 0 saturated heterocycles. The van der Waals surface area contributed by atoms with Crippen molar-refractivity contribution in [1.29, 1.82) is 5.41 Å². The molecule has 4 N–H and O–H groups in total. The number of esters is 1. The highest BCUT2D eigenvalue weighted by molar-refractivity contribution is 6.12. The number of amidine groups is 1. The normalized spacial score (nSPS) is 10.9. The van der Waals surface area contributed by atoms with Crippen LogP contribution in [0.25, 0.3) is 22.2 Å². The monoisotopic (exact) mass is 563 g/mol. The predicted molar refractivity (Wildman–Crippen MR) is 159 cm³/mol. The van der Waals surface area contributed by atoms with Gasteiger partial charge >= 0.3 is 5.97 Å². The average Bonchev–Trinajstić information content (AvgIpc) is 3.41. The summed E-state index contributed by atoms with van der Waals surface area (Å²) in [6, 6.07) is 26.9. The van der Waals surface area contributed by atoms with E-state index in [1.807, 2.05) is 34.9 Å². The van der Waals surface area contributed by atoms with Gasteiger partial charge in [0.15, 0.2) is 6.79 Å². The lowest BCUT2D eigenvalue weighted by Gasteiger charge is -2.15. The maximum absolute atomic E-state index is 13.8. The maximum Gasteiger partial charge on any atom is 0.340 e. The third kappa shape index (κ3) is 6.35. The van der Waals surface area contributed by atoms with E-state index in [1.165, 1.54) is 7.11 Å². The van der Waals surface area contributed by atoms with Gasteiger partial charge < -0.3 is 29.8 Å². The van der Waals surface area contributed by atoms with Gasteiger partial charge in [0, 0.05) is 23.9 Å². The van der Waals surface area contributed by atoms with Crippen LogP contribution < -0.4 is 11.1 Å². The number of anilines is 1. The van der Waals surface area contributed by atoms with E-state index in [-0.39, 0.29) is 24.9 Å². The van der Waals surface area contributed by atoms with Crippen LogP contribution in [0.3, 0.4) is 0 Å². The molecule has 0 fully saturated rings. The Morgan fingerprint density at radius 3 is 2.40 bits per heavy atom. The van der Waals surface area contributed by atoms with Gasteiger partial charge in [-0.2, -0.15) is 0 Å². The van der Waals surface area contributed by atoms with Crippen molar-refractivity contribution in [2.24, 2.45) is 5.73 Å². The molecule has 1 heterocycles. The minimum atomic E-state index is -0.585. The molecule has 1 amide bonds. The fourth-order valence-electron chi connectivity index (χ4n) is 4.47. The molecule has 10 nitrogen and oxygen atoms in total. The second kappa shape index (κ2) is 12.9. The van der Waals surface area contributed by atoms with Crippen LogP contribution in [-0.4, -0.2) is 41.2 Å². The minimum Gasteiger partial charge on any atom is -0.435 e. The van der Waals surface area contributed by atoms with Crippen LogP contribution in [0.15, 0.2) is 97.3 Å². The van der Waals surface area contributed by atoms with Crippen molar-refractivity contribution in [3.8, 4) is 11.1 Å². The molecular formula is C32H29N5O5. The molecular weight excluding hydrogens is 534 g/mol. The molecule has 212 valence electrons. The Labute approximate surface area is 242 Å². The number of carbonyl (C=O) groups excluding carboxylic acids is 2. The standard InChI is InChI=1S/C32H29N5O5/c1-40-20-42-32(39)25-10-6-5-9-24(25)26-15-28-29(37(18-35-28)19-41-17-21-7-3-2-4-8-21)16-27(26)31(38)36-23-13-11-22(12-14-23)30(33)34/h2-16,18H,17,19-20H2,1H3,(H3,33,34)(H,36,38). The Balaban J connectivity index is 1.53. The van der Waals surface area contributed by atoms with Gasteiger partial charge in [-0.25, -0.2) is 9.78 Å². The first kappa shape index (κ1) is 28.2. The van der Waals surface area contributed by atoms with Gasteiger partial charge in [-0.15, -0.1) is 0 Å². The van der Waals surface area contributed by atoms with E-state index in [9.17, 15) is 9.59 Å². The highest BCUT2D eigenvalue weighted by Crippen LogP contribution is 2.32. The Kier molecular flexibility index (Phi) is 8.67. The number of nitrogens with zero attached hydrogens (tertiary/aromatic N) is 2. The fraction of sp³-hybridized carbons (Fsp3) is 0.125. The van der Waals surface area contributed by atoms with E-state index in [4.69, 9.17) is 25.4 Å². The molecule has 0 aliphatic rings. The number of ether oxygens (including phenoxy) is 3. The smallest absolute Gasteiger partial charge is 0.340 e. The number of nitrogen functional groups attached to an aromatic ring is 1. The molecule has 0 spiro atoms. The predicted octanol–water partition coefficient (Wildman–Crippen LogP) is 5.17. The lowest BCUT2D eigenvalue weighted by atomic mass is 9.94. The van der Waals surface area contributed by atoms with Crippen LogP contribution in [0.2, 0.25) is 0 Å². The van der Waals surface area contributed by atoms with Crippen LogP contribution in [-0.2, 0) is 27.5 Å². The van der Waals surface area contributed by atoms with E-state index in [2.05, 4.69) is 10.3 Å². The van der Waals surface area contributed by atoms with Crippen LogP contribution >= 0.6 is 0 Å². The van der Waals surface area contributed by atoms with Gasteiger partial charge in [-0.1, -0.05) is 48.5 Å². The van der Waals surface area contributed by atoms with E-state index >= 15 is 0 Å². The Bertz CT molecular complexity index is 1730. The number of imidazole rings is 1. The van der Waals surface area contributed by atoms with Crippen molar-refractivity contribution in [2.75, 3.05) is 19.2 Å². The largest absolute Gasteiger partial charge is 0.435 e. The summed E-state index contributed by atoms with van der Waals surface area (Å²) in [6.07, 6.45) is 1.65. The van der Waals surface area contributed by atoms with Gasteiger partial charge in [0.2, 0.25) is 0 Å². The number of aromatic nitrogens is 2. The first-order valence-electron chi connectivity index (χ1n) is 13.1. The fourth-order valence-corrected chi connectivity index (χ4v) is 4.47. The second-order valence-corrected chi connectivity index (χ2v) is 9.39. The highest BCUT2D eigenvalue weighted by Gasteiger charge is 2.22. The number of methoxy groups -OCH3 is 1. The van der Waals surface area contributed by atoms with Crippen LogP contribution in [0.4, 0.5) is 5.69 Å². The van der Waals surface area contributed by atoms with E-state index in [0.29, 0.717) is 45.6 Å². The van der Waals surface area contributed by atoms with Crippen LogP contribution in [0.1, 0.15) is 31.8 Å². The molecule has 10 heteroatoms. The third-order valence-corrected chi connectivity index (χ3v) is 6.55. The van der Waals surface area contributed by atoms with Gasteiger partial charge in [-0.05, 0) is 59.2 Å². The molecule has 0 unspecified atom stereocenters. The first-order valence-corrected chi connectivity index (χ1v) is 13.1. The summed E-state index contributed by atoms with van der Waals surface area (Å²) in [5.74, 6) is -1.06. The summed E-state index contributed by atoms with van der Waals surface area (Å²) in [4.78, 5) is 31.2. The average molecular weight is 564 g/mol. The van der Waals surface area contributed by atoms with Gasteiger partial charge in [0.25, 0.3) is 5.91 Å². The summed E-state index contributed by atoms with van der Waals surface area (Å²) in [6.45, 7) is 0.431. The quantitative estimate of drug-likeness (QED) is 0.0871. The van der Waals surface area contributed by atoms with Gasteiger partial charge in [0.05, 0.1) is 29.5 Å². The van der Waals surface area contributed by atoms with Gasteiger partial charge in [-0.3, -0.25) is 10.2 Å². The summed E-state index contributed by atoms with van der Waals surface area (Å²) in [5.41, 5.74) is 10.6. The number of rotatable bonds is 11. The zero-order valence-electron chi connectivity index (χ0n) is 22.9. The topological polar surface area (TPSA) is 142 Å². The summed E-state index contributed by atoms with van der Waals surface area (Å²) in [5, 5.41) is 10.5. The van der Waals surface area contributed by atoms with Gasteiger partial charge in [0.1, 0.15) is 12.6 Å². The second-order valence-electron chi connectivity index (χ2n) is 9.39. The molecule has 5 rings (SSSR count). The van der Waals surface area contributed by atoms with E-state index in [0.717, 1.165) is 5.56 Å². The SMILES string of the molecule is COCOC(=O)c1ccccc1-c1cc2ncn(COCc3ccccc3)c2cc1C(=O)Nc1ccc(C(=N)N)cc1. The lowest BCUT2D eigenvalue weighted by Crippen LogP contribution is -2.15. The maximum atomic E-state index is 13.8. The number of fused-ring (bicyclic) bond motifs is 1. The molecule has 1 aromatic heterocycles. The molecule has 5 aromatic rings. The number of nitrogens with two attached hydrogens (primary N) is 1. The highest BCUT2D eigenvalue weighted by atomic mass is 16.7. The van der Waals surface area contributed by atoms with Crippen molar-refractivity contribution in [2.45, 2.75) is 13.3 Å². The molecule has 42 heavy (non-hydrogen) atoms. The Morgan fingerprint density at radius 2 is 1.67 bits per heavy atom. The molecule has 0 saturated carbocycles. The summed E-state index contributed by atoms with van der Waals surface area (Å²) in [7, 11) is 1.43. The number of hydrogen-bond donors (Lipinski definition) is 3. The molecule has 0 atom stereocenters. The number of amides is 1. The number of carbonyl (C=O) groups is 2. The third-order valence-electron chi connectivity index (χ3n) is 6.55. The van der Waals surface area contributed by atoms with Crippen molar-refractivity contribution in [3.05, 3.63) is 120 Å². The number of hydrogen-bond acceptors (Lipinski definition) is 7. The lowest BCUT2D eigenvalue weighted by molar-refractivity contribution is -0.0124. The minimum absolute atomic E-state index is 0.0691. The van der Waals surface area contributed by atoms with Crippen molar-refractivity contribution < 1.29 is 23.8 Å². The zero-order chi connectivity index (χ0) is 29.5.